The number of hydrogen-bond donors (Lipinski definition) is 3. The molecular formula is C37H42N4O4S. The van der Waals surface area contributed by atoms with Gasteiger partial charge in [-0.3, -0.25) is 14.5 Å². The Bertz CT molecular complexity index is 1600. The number of nitrogens with two attached hydrogens (primary N) is 1. The smallest absolute Gasteiger partial charge is 0.258 e. The predicted molar refractivity (Wildman–Crippen MR) is 183 cm³/mol. The maximum atomic E-state index is 13.8. The molecule has 4 atom stereocenters. The number of anilines is 1. The summed E-state index contributed by atoms with van der Waals surface area (Å²) < 4.78 is 6.68. The topological polar surface area (TPSA) is 108 Å². The molecule has 0 saturated heterocycles. The van der Waals surface area contributed by atoms with Crippen LogP contribution in [0.5, 0.6) is 5.75 Å². The quantitative estimate of drug-likeness (QED) is 0.190. The summed E-state index contributed by atoms with van der Waals surface area (Å²) in [5.74, 6) is -0.432. The molecule has 0 radical (unpaired) electrons. The normalized spacial score (nSPS) is 17.8. The van der Waals surface area contributed by atoms with E-state index in [-0.39, 0.29) is 24.5 Å². The molecule has 0 bridgehead atoms. The van der Waals surface area contributed by atoms with Gasteiger partial charge in [0.1, 0.15) is 12.1 Å². The first kappa shape index (κ1) is 33.2. The number of benzene rings is 4. The zero-order chi connectivity index (χ0) is 32.6. The van der Waals surface area contributed by atoms with Gasteiger partial charge in [-0.2, -0.15) is 0 Å². The Balaban J connectivity index is 1.36. The zero-order valence-electron chi connectivity index (χ0n) is 26.5. The second-order valence-electron chi connectivity index (χ2n) is 11.9. The zero-order valence-corrected chi connectivity index (χ0v) is 27.3. The highest BCUT2D eigenvalue weighted by Crippen LogP contribution is 2.35. The molecule has 0 saturated carbocycles. The maximum Gasteiger partial charge on any atom is 0.258 e. The van der Waals surface area contributed by atoms with E-state index >= 15 is 0 Å². The molecule has 4 N–H and O–H groups in total. The molecule has 1 aliphatic heterocycles. The highest BCUT2D eigenvalue weighted by Gasteiger charge is 2.35. The first-order chi connectivity index (χ1) is 22.2. The summed E-state index contributed by atoms with van der Waals surface area (Å²) in [7, 11) is 2.05. The molecule has 0 aromatic heterocycles. The Kier molecular flexibility index (Phi) is 11.1. The van der Waals surface area contributed by atoms with Crippen LogP contribution in [0.2, 0.25) is 0 Å². The maximum absolute atomic E-state index is 13.8. The number of fused-ring (bicyclic) bond motifs is 1. The van der Waals surface area contributed by atoms with Crippen molar-refractivity contribution in [3.63, 3.8) is 0 Å². The van der Waals surface area contributed by atoms with Gasteiger partial charge < -0.3 is 25.8 Å². The van der Waals surface area contributed by atoms with Gasteiger partial charge in [-0.15, -0.1) is 0 Å². The first-order valence-corrected chi connectivity index (χ1v) is 16.4. The highest BCUT2D eigenvalue weighted by molar-refractivity contribution is 7.99. The minimum atomic E-state index is -0.898. The molecule has 0 spiro atoms. The second kappa shape index (κ2) is 15.4. The summed E-state index contributed by atoms with van der Waals surface area (Å²) in [6.07, 6.45) is -0.320. The van der Waals surface area contributed by atoms with Crippen LogP contribution in [0.1, 0.15) is 41.4 Å². The number of nitrogens with zero attached hydrogens (tertiary/aromatic N) is 2. The third kappa shape index (κ3) is 8.16. The molecule has 1 heterocycles. The van der Waals surface area contributed by atoms with Crippen LogP contribution in [0.25, 0.3) is 0 Å². The lowest BCUT2D eigenvalue weighted by atomic mass is 9.98. The first-order valence-electron chi connectivity index (χ1n) is 15.6. The molecule has 1 unspecified atom stereocenters. The van der Waals surface area contributed by atoms with E-state index in [0.717, 1.165) is 0 Å². The minimum absolute atomic E-state index is 0.0754. The summed E-state index contributed by atoms with van der Waals surface area (Å²) in [6, 6.07) is 31.9. The van der Waals surface area contributed by atoms with Crippen molar-refractivity contribution in [1.82, 2.24) is 9.80 Å². The Morgan fingerprint density at radius 1 is 1.00 bits per heavy atom. The van der Waals surface area contributed by atoms with E-state index in [1.807, 2.05) is 50.4 Å². The van der Waals surface area contributed by atoms with Crippen LogP contribution < -0.4 is 15.8 Å². The highest BCUT2D eigenvalue weighted by atomic mass is 32.2. The average Bonchev–Trinajstić information content (AvgIpc) is 3.07. The van der Waals surface area contributed by atoms with Gasteiger partial charge in [0.15, 0.2) is 5.75 Å². The largest absolute Gasteiger partial charge is 0.486 e. The van der Waals surface area contributed by atoms with E-state index in [2.05, 4.69) is 53.5 Å². The lowest BCUT2D eigenvalue weighted by Crippen LogP contribution is -2.49. The summed E-state index contributed by atoms with van der Waals surface area (Å²) >= 11 is 1.73. The van der Waals surface area contributed by atoms with Crippen molar-refractivity contribution in [1.29, 1.82) is 0 Å². The van der Waals surface area contributed by atoms with Gasteiger partial charge in [-0.05, 0) is 61.5 Å². The van der Waals surface area contributed by atoms with Crippen molar-refractivity contribution in [3.05, 3.63) is 120 Å². The van der Waals surface area contributed by atoms with Crippen molar-refractivity contribution >= 4 is 29.3 Å². The molecule has 0 aliphatic carbocycles. The van der Waals surface area contributed by atoms with E-state index in [9.17, 15) is 14.7 Å². The summed E-state index contributed by atoms with van der Waals surface area (Å²) in [4.78, 5) is 33.4. The van der Waals surface area contributed by atoms with Gasteiger partial charge in [0.25, 0.3) is 5.91 Å². The molecule has 46 heavy (non-hydrogen) atoms. The third-order valence-corrected chi connectivity index (χ3v) is 9.25. The molecule has 240 valence electrons. The summed E-state index contributed by atoms with van der Waals surface area (Å²) in [6.45, 7) is 5.41. The number of para-hydroxylation sites is 1. The number of nitrogens with one attached hydrogen (secondary N) is 1. The van der Waals surface area contributed by atoms with Gasteiger partial charge in [0.2, 0.25) is 5.91 Å². The fourth-order valence-corrected chi connectivity index (χ4v) is 6.39. The van der Waals surface area contributed by atoms with Gasteiger partial charge in [0, 0.05) is 35.3 Å². The lowest BCUT2D eigenvalue weighted by Gasteiger charge is -2.38. The Hall–Kier alpha value is -4.15. The van der Waals surface area contributed by atoms with E-state index in [1.54, 1.807) is 47.0 Å². The third-order valence-electron chi connectivity index (χ3n) is 8.24. The Morgan fingerprint density at radius 2 is 1.65 bits per heavy atom. The fourth-order valence-electron chi connectivity index (χ4n) is 5.55. The molecule has 4 aromatic carbocycles. The van der Waals surface area contributed by atoms with Gasteiger partial charge in [0.05, 0.1) is 23.9 Å². The van der Waals surface area contributed by atoms with Crippen LogP contribution in [0.3, 0.4) is 0 Å². The molecule has 2 amide bonds. The molecule has 8 nitrogen and oxygen atoms in total. The van der Waals surface area contributed by atoms with Crippen LogP contribution in [0.4, 0.5) is 5.69 Å². The van der Waals surface area contributed by atoms with Gasteiger partial charge in [-0.25, -0.2) is 0 Å². The molecule has 0 fully saturated rings. The van der Waals surface area contributed by atoms with E-state index < -0.39 is 18.0 Å². The molecule has 9 heteroatoms. The van der Waals surface area contributed by atoms with Crippen LogP contribution in [-0.4, -0.2) is 65.6 Å². The lowest BCUT2D eigenvalue weighted by molar-refractivity contribution is -0.117. The van der Waals surface area contributed by atoms with Crippen molar-refractivity contribution in [2.75, 3.05) is 32.1 Å². The van der Waals surface area contributed by atoms with Crippen LogP contribution >= 0.6 is 11.8 Å². The number of hydrogen-bond acceptors (Lipinski definition) is 7. The predicted octanol–water partition coefficient (Wildman–Crippen LogP) is 5.83. The number of rotatable bonds is 11. The molecule has 1 aliphatic rings. The van der Waals surface area contributed by atoms with Crippen LogP contribution in [0.15, 0.2) is 113 Å². The number of aliphatic hydroxyl groups is 1. The van der Waals surface area contributed by atoms with Crippen LogP contribution in [-0.2, 0) is 11.3 Å². The second-order valence-corrected chi connectivity index (χ2v) is 13.1. The summed E-state index contributed by atoms with van der Waals surface area (Å²) in [5, 5.41) is 12.9. The Labute approximate surface area is 275 Å². The van der Waals surface area contributed by atoms with E-state index in [0.29, 0.717) is 42.2 Å². The molecule has 5 rings (SSSR count). The van der Waals surface area contributed by atoms with E-state index in [4.69, 9.17) is 10.5 Å². The monoisotopic (exact) mass is 638 g/mol. The van der Waals surface area contributed by atoms with Crippen LogP contribution in [0, 0.1) is 5.92 Å². The number of carbonyl (C=O) groups is 2. The van der Waals surface area contributed by atoms with Crippen molar-refractivity contribution < 1.29 is 19.4 Å². The SMILES string of the molecule is C[C@@H]1CN([C@@H](C)CO)C(=O)c2cccc(NC(=O)C(N)c3ccccc3)c2O[C@@H]1CN(C)Cc1ccc(Sc2ccccc2)cc1. The number of carbonyl (C=O) groups excluding carboxylic acids is 2. The Morgan fingerprint density at radius 3 is 2.33 bits per heavy atom. The van der Waals surface area contributed by atoms with Gasteiger partial charge >= 0.3 is 0 Å². The number of ether oxygens (including phenoxy) is 1. The molecular weight excluding hydrogens is 596 g/mol. The fraction of sp³-hybridized carbons (Fsp3) is 0.297. The van der Waals surface area contributed by atoms with Crippen molar-refractivity contribution in [2.45, 2.75) is 48.4 Å². The standard InChI is InChI=1S/C37H42N4O4S/c1-25-21-41(26(2)24-42)37(44)31-15-10-16-32(39-36(43)34(38)28-11-6-4-7-12-28)35(31)45-33(25)23-40(3)22-27-17-19-30(20-18-27)46-29-13-8-5-9-14-29/h4-20,25-26,33-34,42H,21-24,38H2,1-3H3,(H,39,43)/t25-,26+,33-,34?/m1/s1. The molecule has 4 aromatic rings. The number of aliphatic hydroxyl groups excluding tert-OH is 1. The van der Waals surface area contributed by atoms with Gasteiger partial charge in [-0.1, -0.05) is 85.4 Å². The average molecular weight is 639 g/mol. The minimum Gasteiger partial charge on any atom is -0.486 e. The number of likely N-dealkylation sites (N-methyl/N-ethyl adjacent to an activating group) is 1. The van der Waals surface area contributed by atoms with E-state index in [1.165, 1.54) is 15.4 Å². The number of amides is 2. The van der Waals surface area contributed by atoms with Crippen molar-refractivity contribution in [3.8, 4) is 5.75 Å². The van der Waals surface area contributed by atoms with Crippen molar-refractivity contribution in [2.24, 2.45) is 11.7 Å². The summed E-state index contributed by atoms with van der Waals surface area (Å²) in [5.41, 5.74) is 8.86.